The van der Waals surface area contributed by atoms with E-state index in [1.807, 2.05) is 42.3 Å². The van der Waals surface area contributed by atoms with Crippen molar-refractivity contribution in [2.45, 2.75) is 56.8 Å². The zero-order valence-corrected chi connectivity index (χ0v) is 16.4. The van der Waals surface area contributed by atoms with Crippen LogP contribution in [0.15, 0.2) is 30.3 Å². The first-order chi connectivity index (χ1) is 13.4. The Morgan fingerprint density at radius 3 is 2.79 bits per heavy atom. The van der Waals surface area contributed by atoms with Crippen LogP contribution in [-0.2, 0) is 7.05 Å². The molecule has 2 fully saturated rings. The normalized spacial score (nSPS) is 27.9. The van der Waals surface area contributed by atoms with Crippen molar-refractivity contribution >= 4 is 17.5 Å². The van der Waals surface area contributed by atoms with Gasteiger partial charge in [0.2, 0.25) is 0 Å². The van der Waals surface area contributed by atoms with E-state index in [2.05, 4.69) is 29.6 Å². The second-order valence-electron chi connectivity index (χ2n) is 8.49. The number of nitrogens with zero attached hydrogens (tertiary/aromatic N) is 3. The lowest BCUT2D eigenvalue weighted by Gasteiger charge is -2.43. The van der Waals surface area contributed by atoms with Crippen molar-refractivity contribution < 1.29 is 9.59 Å². The van der Waals surface area contributed by atoms with Crippen LogP contribution in [0.2, 0.25) is 0 Å². The molecule has 0 saturated carbocycles. The van der Waals surface area contributed by atoms with Gasteiger partial charge in [0, 0.05) is 25.2 Å². The monoisotopic (exact) mass is 379 g/mol. The highest BCUT2D eigenvalue weighted by Crippen LogP contribution is 2.47. The fourth-order valence-electron chi connectivity index (χ4n) is 5.09. The molecule has 2 bridgehead atoms. The topological polar surface area (TPSA) is 79.3 Å². The molecule has 4 heterocycles. The Labute approximate surface area is 164 Å². The minimum absolute atomic E-state index is 0.00109. The minimum Gasteiger partial charge on any atom is -0.360 e. The van der Waals surface area contributed by atoms with Gasteiger partial charge in [-0.25, -0.2) is 0 Å². The maximum absolute atomic E-state index is 13.4. The quantitative estimate of drug-likeness (QED) is 0.840. The van der Waals surface area contributed by atoms with Crippen molar-refractivity contribution in [2.75, 3.05) is 5.32 Å². The largest absolute Gasteiger partial charge is 0.360 e. The molecular formula is C21H25N5O2. The summed E-state index contributed by atoms with van der Waals surface area (Å²) in [4.78, 5) is 28.2. The molecule has 2 saturated heterocycles. The van der Waals surface area contributed by atoms with Gasteiger partial charge in [-0.1, -0.05) is 26.0 Å². The summed E-state index contributed by atoms with van der Waals surface area (Å²) >= 11 is 0. The van der Waals surface area contributed by atoms with E-state index < -0.39 is 5.66 Å². The zero-order valence-electron chi connectivity index (χ0n) is 16.4. The molecule has 5 rings (SSSR count). The van der Waals surface area contributed by atoms with Gasteiger partial charge in [-0.15, -0.1) is 0 Å². The van der Waals surface area contributed by atoms with Gasteiger partial charge >= 0.3 is 0 Å². The number of rotatable bonds is 2. The molecule has 2 aromatic rings. The summed E-state index contributed by atoms with van der Waals surface area (Å²) in [5.41, 5.74) is 2.44. The van der Waals surface area contributed by atoms with Crippen LogP contribution in [0.25, 0.3) is 0 Å². The Morgan fingerprint density at radius 2 is 2.04 bits per heavy atom. The molecule has 2 amide bonds. The maximum Gasteiger partial charge on any atom is 0.272 e. The zero-order chi connectivity index (χ0) is 19.6. The molecule has 0 radical (unpaired) electrons. The fourth-order valence-corrected chi connectivity index (χ4v) is 5.09. The van der Waals surface area contributed by atoms with E-state index >= 15 is 0 Å². The summed E-state index contributed by atoms with van der Waals surface area (Å²) in [5.74, 6) is 0.198. The Balaban J connectivity index is 1.48. The van der Waals surface area contributed by atoms with Gasteiger partial charge in [-0.2, -0.15) is 5.10 Å². The van der Waals surface area contributed by atoms with E-state index in [1.54, 1.807) is 4.68 Å². The average molecular weight is 379 g/mol. The van der Waals surface area contributed by atoms with Gasteiger partial charge in [-0.05, 0) is 37.0 Å². The number of para-hydroxylation sites is 1. The number of benzene rings is 1. The van der Waals surface area contributed by atoms with Crippen LogP contribution in [0, 0.1) is 0 Å². The lowest BCUT2D eigenvalue weighted by atomic mass is 9.86. The van der Waals surface area contributed by atoms with Crippen LogP contribution in [0.5, 0.6) is 0 Å². The predicted molar refractivity (Wildman–Crippen MR) is 105 cm³/mol. The Hall–Kier alpha value is -2.83. The molecule has 1 aromatic carbocycles. The van der Waals surface area contributed by atoms with Crippen LogP contribution in [0.3, 0.4) is 0 Å². The number of aromatic nitrogens is 2. The van der Waals surface area contributed by atoms with Crippen molar-refractivity contribution in [1.29, 1.82) is 0 Å². The van der Waals surface area contributed by atoms with Gasteiger partial charge in [0.1, 0.15) is 11.4 Å². The number of anilines is 1. The molecule has 28 heavy (non-hydrogen) atoms. The average Bonchev–Trinajstić information content (AvgIpc) is 3.32. The second-order valence-corrected chi connectivity index (χ2v) is 8.49. The molecule has 1 spiro atoms. The first kappa shape index (κ1) is 17.3. The summed E-state index contributed by atoms with van der Waals surface area (Å²) in [6.45, 7) is 4.15. The standard InChI is InChI=1S/C21H25N5O2/c1-12(2)16-10-17(25(3)24-16)20(28)26-13-8-9-18(26)21(11-13)22-15-7-5-4-6-14(15)19(27)23-21/h4-7,10,12-13,18,22H,8-9,11H2,1-3H3,(H,23,27). The first-order valence-electron chi connectivity index (χ1n) is 9.96. The smallest absolute Gasteiger partial charge is 0.272 e. The molecule has 7 nitrogen and oxygen atoms in total. The van der Waals surface area contributed by atoms with Crippen LogP contribution in [0.1, 0.15) is 65.6 Å². The van der Waals surface area contributed by atoms with E-state index in [-0.39, 0.29) is 29.8 Å². The number of carbonyl (C=O) groups excluding carboxylic acids is 2. The van der Waals surface area contributed by atoms with Gasteiger partial charge in [0.15, 0.2) is 0 Å². The summed E-state index contributed by atoms with van der Waals surface area (Å²) in [5, 5.41) is 11.3. The third kappa shape index (κ3) is 2.31. The van der Waals surface area contributed by atoms with E-state index in [0.717, 1.165) is 30.6 Å². The Morgan fingerprint density at radius 1 is 1.25 bits per heavy atom. The van der Waals surface area contributed by atoms with Crippen LogP contribution >= 0.6 is 0 Å². The van der Waals surface area contributed by atoms with Crippen LogP contribution in [-0.4, -0.2) is 44.2 Å². The number of aryl methyl sites for hydroxylation is 1. The van der Waals surface area contributed by atoms with Gasteiger partial charge in [0.25, 0.3) is 11.8 Å². The van der Waals surface area contributed by atoms with Crippen molar-refractivity contribution in [3.63, 3.8) is 0 Å². The molecule has 3 unspecified atom stereocenters. The first-order valence-corrected chi connectivity index (χ1v) is 9.96. The van der Waals surface area contributed by atoms with E-state index in [9.17, 15) is 9.59 Å². The lowest BCUT2D eigenvalue weighted by Crippen LogP contribution is -2.64. The minimum atomic E-state index is -0.594. The molecular weight excluding hydrogens is 354 g/mol. The molecule has 2 N–H and O–H groups in total. The molecule has 0 aliphatic carbocycles. The Bertz CT molecular complexity index is 981. The molecule has 146 valence electrons. The SMILES string of the molecule is CC(C)c1cc(C(=O)N2C3CCC2C2(C3)NC(=O)c3ccccc3N2)n(C)n1. The number of amides is 2. The number of carbonyl (C=O) groups is 2. The maximum atomic E-state index is 13.4. The third-order valence-corrected chi connectivity index (χ3v) is 6.44. The molecule has 3 atom stereocenters. The summed E-state index contributed by atoms with van der Waals surface area (Å²) < 4.78 is 1.68. The number of nitrogens with one attached hydrogen (secondary N) is 2. The third-order valence-electron chi connectivity index (χ3n) is 6.44. The van der Waals surface area contributed by atoms with Crippen LogP contribution in [0.4, 0.5) is 5.69 Å². The van der Waals surface area contributed by atoms with Gasteiger partial charge in [0.05, 0.1) is 17.3 Å². The summed E-state index contributed by atoms with van der Waals surface area (Å²) in [6.07, 6.45) is 2.56. The Kier molecular flexibility index (Phi) is 3.60. The van der Waals surface area contributed by atoms with Crippen molar-refractivity contribution in [1.82, 2.24) is 20.0 Å². The van der Waals surface area contributed by atoms with Gasteiger partial charge in [-0.3, -0.25) is 14.3 Å². The number of hydrogen-bond acceptors (Lipinski definition) is 4. The molecule has 7 heteroatoms. The van der Waals surface area contributed by atoms with Crippen LogP contribution < -0.4 is 10.6 Å². The van der Waals surface area contributed by atoms with E-state index in [0.29, 0.717) is 11.3 Å². The van der Waals surface area contributed by atoms with Crippen molar-refractivity contribution in [2.24, 2.45) is 7.05 Å². The summed E-state index contributed by atoms with van der Waals surface area (Å²) in [7, 11) is 1.82. The van der Waals surface area contributed by atoms with Crippen molar-refractivity contribution in [3.05, 3.63) is 47.3 Å². The lowest BCUT2D eigenvalue weighted by molar-refractivity contribution is 0.0681. The van der Waals surface area contributed by atoms with E-state index in [1.165, 1.54) is 0 Å². The highest BCUT2D eigenvalue weighted by Gasteiger charge is 2.60. The molecule has 1 aromatic heterocycles. The van der Waals surface area contributed by atoms with E-state index in [4.69, 9.17) is 0 Å². The second kappa shape index (κ2) is 5.83. The fraction of sp³-hybridized carbons (Fsp3) is 0.476. The van der Waals surface area contributed by atoms with Crippen molar-refractivity contribution in [3.8, 4) is 0 Å². The highest BCUT2D eigenvalue weighted by atomic mass is 16.2. The molecule has 3 aliphatic heterocycles. The molecule has 3 aliphatic rings. The number of hydrogen-bond donors (Lipinski definition) is 2. The summed E-state index contributed by atoms with van der Waals surface area (Å²) in [6, 6.07) is 9.50. The predicted octanol–water partition coefficient (Wildman–Crippen LogP) is 2.47. The van der Waals surface area contributed by atoms with Gasteiger partial charge < -0.3 is 15.5 Å². The number of fused-ring (bicyclic) bond motifs is 4. The highest BCUT2D eigenvalue weighted by molar-refractivity contribution is 6.02.